The van der Waals surface area contributed by atoms with Crippen LogP contribution in [-0.4, -0.2) is 36.2 Å². The molecule has 1 heterocycles. The molecule has 6 heteroatoms. The van der Waals surface area contributed by atoms with Gasteiger partial charge in [-0.15, -0.1) is 11.3 Å². The van der Waals surface area contributed by atoms with Crippen molar-refractivity contribution in [3.63, 3.8) is 0 Å². The zero-order valence-corrected chi connectivity index (χ0v) is 14.8. The molecule has 0 aliphatic carbocycles. The predicted octanol–water partition coefficient (Wildman–Crippen LogP) is 4.14. The number of thiophene rings is 1. The molecule has 4 nitrogen and oxygen atoms in total. The van der Waals surface area contributed by atoms with Crippen LogP contribution in [0.2, 0.25) is 5.02 Å². The van der Waals surface area contributed by atoms with Crippen molar-refractivity contribution in [2.24, 2.45) is 0 Å². The summed E-state index contributed by atoms with van der Waals surface area (Å²) in [6.45, 7) is 10.6. The van der Waals surface area contributed by atoms with E-state index in [2.05, 4.69) is 5.32 Å². The van der Waals surface area contributed by atoms with Gasteiger partial charge in [0.15, 0.2) is 0 Å². The van der Waals surface area contributed by atoms with E-state index in [-0.39, 0.29) is 6.09 Å². The fourth-order valence-electron chi connectivity index (χ4n) is 1.76. The van der Waals surface area contributed by atoms with Crippen molar-refractivity contribution in [2.75, 3.05) is 19.6 Å². The van der Waals surface area contributed by atoms with E-state index in [1.165, 1.54) is 4.88 Å². The van der Waals surface area contributed by atoms with E-state index < -0.39 is 5.60 Å². The number of ether oxygens (including phenoxy) is 1. The number of halogens is 1. The van der Waals surface area contributed by atoms with Crippen molar-refractivity contribution in [2.45, 2.75) is 46.3 Å². The van der Waals surface area contributed by atoms with Crippen LogP contribution in [0, 0.1) is 0 Å². The van der Waals surface area contributed by atoms with Crippen LogP contribution in [0.3, 0.4) is 0 Å². The van der Waals surface area contributed by atoms with E-state index in [1.54, 1.807) is 16.2 Å². The molecule has 0 fully saturated rings. The summed E-state index contributed by atoms with van der Waals surface area (Å²) < 4.78 is 5.37. The molecule has 1 aromatic heterocycles. The molecular weight excluding hydrogens is 308 g/mol. The summed E-state index contributed by atoms with van der Waals surface area (Å²) in [6, 6.07) is 1.97. The Morgan fingerprint density at radius 2 is 2.19 bits per heavy atom. The third-order valence-electron chi connectivity index (χ3n) is 2.74. The Hall–Kier alpha value is -0.780. The van der Waals surface area contributed by atoms with Gasteiger partial charge in [0.05, 0.1) is 5.02 Å². The third kappa shape index (κ3) is 7.69. The summed E-state index contributed by atoms with van der Waals surface area (Å²) >= 11 is 7.52. The van der Waals surface area contributed by atoms with Gasteiger partial charge in [-0.05, 0) is 46.7 Å². The summed E-state index contributed by atoms with van der Waals surface area (Å²) in [7, 11) is 0. The first-order chi connectivity index (χ1) is 9.81. The van der Waals surface area contributed by atoms with Crippen LogP contribution in [0.4, 0.5) is 4.79 Å². The van der Waals surface area contributed by atoms with E-state index >= 15 is 0 Å². The molecule has 0 aliphatic rings. The van der Waals surface area contributed by atoms with Gasteiger partial charge in [-0.25, -0.2) is 4.79 Å². The summed E-state index contributed by atoms with van der Waals surface area (Å²) in [5.74, 6) is 0. The lowest BCUT2D eigenvalue weighted by Gasteiger charge is -2.26. The summed E-state index contributed by atoms with van der Waals surface area (Å²) in [5.41, 5.74) is -0.443. The first-order valence-corrected chi connectivity index (χ1v) is 8.49. The van der Waals surface area contributed by atoms with Gasteiger partial charge in [-0.2, -0.15) is 0 Å². The van der Waals surface area contributed by atoms with Crippen molar-refractivity contribution in [3.05, 3.63) is 21.3 Å². The number of rotatable bonds is 7. The second kappa shape index (κ2) is 8.61. The smallest absolute Gasteiger partial charge is 0.410 e. The Balaban J connectivity index is 2.21. The van der Waals surface area contributed by atoms with E-state index in [0.29, 0.717) is 13.1 Å². The molecular formula is C15H25ClN2O2S. The number of carbonyl (C=O) groups is 1. The molecule has 1 N–H and O–H groups in total. The molecule has 120 valence electrons. The van der Waals surface area contributed by atoms with E-state index in [4.69, 9.17) is 16.3 Å². The average Bonchev–Trinajstić information content (AvgIpc) is 2.77. The van der Waals surface area contributed by atoms with Crippen molar-refractivity contribution in [1.82, 2.24) is 10.2 Å². The highest BCUT2D eigenvalue weighted by atomic mass is 35.5. The molecule has 0 saturated carbocycles. The Morgan fingerprint density at radius 1 is 1.48 bits per heavy atom. The van der Waals surface area contributed by atoms with Gasteiger partial charge in [0.2, 0.25) is 0 Å². The maximum atomic E-state index is 11.9. The largest absolute Gasteiger partial charge is 0.444 e. The molecule has 0 unspecified atom stereocenters. The standard InChI is InChI=1S/C15H25ClN2O2S/c1-5-18(14(19)20-15(2,3)4)8-6-7-17-10-13-9-12(16)11-21-13/h9,11,17H,5-8,10H2,1-4H3. The predicted molar refractivity (Wildman–Crippen MR) is 89.1 cm³/mol. The number of nitrogens with one attached hydrogen (secondary N) is 1. The van der Waals surface area contributed by atoms with Gasteiger partial charge in [0.25, 0.3) is 0 Å². The van der Waals surface area contributed by atoms with Gasteiger partial charge >= 0.3 is 6.09 Å². The number of carbonyl (C=O) groups excluding carboxylic acids is 1. The van der Waals surface area contributed by atoms with Crippen molar-refractivity contribution >= 4 is 29.0 Å². The van der Waals surface area contributed by atoms with Gasteiger partial charge < -0.3 is 15.0 Å². The van der Waals surface area contributed by atoms with Gasteiger partial charge in [0.1, 0.15) is 5.60 Å². The lowest BCUT2D eigenvalue weighted by Crippen LogP contribution is -2.38. The van der Waals surface area contributed by atoms with E-state index in [9.17, 15) is 4.79 Å². The van der Waals surface area contributed by atoms with Crippen LogP contribution in [0.25, 0.3) is 0 Å². The van der Waals surface area contributed by atoms with Gasteiger partial charge in [0, 0.05) is 29.9 Å². The van der Waals surface area contributed by atoms with Crippen molar-refractivity contribution in [1.29, 1.82) is 0 Å². The first-order valence-electron chi connectivity index (χ1n) is 7.23. The minimum absolute atomic E-state index is 0.241. The fraction of sp³-hybridized carbons (Fsp3) is 0.667. The number of amides is 1. The molecule has 0 saturated heterocycles. The molecule has 0 atom stereocenters. The van der Waals surface area contributed by atoms with Gasteiger partial charge in [-0.1, -0.05) is 11.6 Å². The molecule has 1 aromatic rings. The molecule has 0 radical (unpaired) electrons. The van der Waals surface area contributed by atoms with Gasteiger partial charge in [-0.3, -0.25) is 0 Å². The average molecular weight is 333 g/mol. The number of nitrogens with zero attached hydrogens (tertiary/aromatic N) is 1. The zero-order chi connectivity index (χ0) is 15.9. The zero-order valence-electron chi connectivity index (χ0n) is 13.2. The fourth-order valence-corrected chi connectivity index (χ4v) is 2.80. The van der Waals surface area contributed by atoms with E-state index in [1.807, 2.05) is 39.1 Å². The highest BCUT2D eigenvalue weighted by Crippen LogP contribution is 2.18. The maximum absolute atomic E-state index is 11.9. The van der Waals surface area contributed by atoms with Crippen LogP contribution in [0.15, 0.2) is 11.4 Å². The second-order valence-electron chi connectivity index (χ2n) is 5.82. The molecule has 1 rings (SSSR count). The molecule has 0 bridgehead atoms. The molecule has 0 aromatic carbocycles. The topological polar surface area (TPSA) is 41.6 Å². The summed E-state index contributed by atoms with van der Waals surface area (Å²) in [5, 5.41) is 6.08. The normalized spacial score (nSPS) is 11.5. The Morgan fingerprint density at radius 3 is 2.71 bits per heavy atom. The maximum Gasteiger partial charge on any atom is 0.410 e. The first kappa shape index (κ1) is 18.3. The Kier molecular flexibility index (Phi) is 7.49. The quantitative estimate of drug-likeness (QED) is 0.763. The molecule has 0 spiro atoms. The molecule has 0 aliphatic heterocycles. The van der Waals surface area contributed by atoms with Crippen molar-refractivity contribution in [3.8, 4) is 0 Å². The lowest BCUT2D eigenvalue weighted by molar-refractivity contribution is 0.0258. The summed E-state index contributed by atoms with van der Waals surface area (Å²) in [6.07, 6.45) is 0.654. The number of hydrogen-bond donors (Lipinski definition) is 1. The van der Waals surface area contributed by atoms with Crippen LogP contribution in [-0.2, 0) is 11.3 Å². The third-order valence-corrected chi connectivity index (χ3v) is 4.02. The van der Waals surface area contributed by atoms with Crippen LogP contribution >= 0.6 is 22.9 Å². The van der Waals surface area contributed by atoms with E-state index in [0.717, 1.165) is 24.5 Å². The lowest BCUT2D eigenvalue weighted by atomic mass is 10.2. The van der Waals surface area contributed by atoms with Crippen LogP contribution < -0.4 is 5.32 Å². The molecule has 1 amide bonds. The minimum Gasteiger partial charge on any atom is -0.444 e. The Bertz CT molecular complexity index is 443. The highest BCUT2D eigenvalue weighted by molar-refractivity contribution is 7.10. The number of hydrogen-bond acceptors (Lipinski definition) is 4. The minimum atomic E-state index is -0.443. The molecule has 21 heavy (non-hydrogen) atoms. The van der Waals surface area contributed by atoms with Crippen LogP contribution in [0.5, 0.6) is 0 Å². The highest BCUT2D eigenvalue weighted by Gasteiger charge is 2.20. The monoisotopic (exact) mass is 332 g/mol. The SMILES string of the molecule is CCN(CCCNCc1cc(Cl)cs1)C(=O)OC(C)(C)C. The Labute approximate surface area is 136 Å². The van der Waals surface area contributed by atoms with Crippen LogP contribution in [0.1, 0.15) is 39.0 Å². The second-order valence-corrected chi connectivity index (χ2v) is 7.25. The van der Waals surface area contributed by atoms with Crippen molar-refractivity contribution < 1.29 is 9.53 Å². The summed E-state index contributed by atoms with van der Waals surface area (Å²) in [4.78, 5) is 14.9.